The van der Waals surface area contributed by atoms with E-state index in [0.717, 1.165) is 22.0 Å². The monoisotopic (exact) mass is 358 g/mol. The summed E-state index contributed by atoms with van der Waals surface area (Å²) in [6, 6.07) is 7.73. The minimum Gasteiger partial charge on any atom is -0.354 e. The van der Waals surface area contributed by atoms with E-state index >= 15 is 0 Å². The number of carbonyl (C=O) groups excluding carboxylic acids is 2. The van der Waals surface area contributed by atoms with E-state index in [4.69, 9.17) is 0 Å². The van der Waals surface area contributed by atoms with Crippen LogP contribution >= 0.6 is 11.3 Å². The minimum atomic E-state index is -0.133. The van der Waals surface area contributed by atoms with Crippen LogP contribution in [0.5, 0.6) is 0 Å². The summed E-state index contributed by atoms with van der Waals surface area (Å²) in [6.07, 6.45) is 0.708. The van der Waals surface area contributed by atoms with Gasteiger partial charge in [-0.25, -0.2) is 9.78 Å². The first-order valence-electron chi connectivity index (χ1n) is 8.34. The predicted molar refractivity (Wildman–Crippen MR) is 99.1 cm³/mol. The normalized spacial score (nSPS) is 14.2. The number of rotatable bonds is 6. The van der Waals surface area contributed by atoms with Crippen molar-refractivity contribution >= 4 is 29.0 Å². The van der Waals surface area contributed by atoms with E-state index in [1.807, 2.05) is 43.5 Å². The van der Waals surface area contributed by atoms with E-state index in [-0.39, 0.29) is 18.5 Å². The van der Waals surface area contributed by atoms with Gasteiger partial charge in [0, 0.05) is 37.1 Å². The first-order valence-corrected chi connectivity index (χ1v) is 9.22. The van der Waals surface area contributed by atoms with Gasteiger partial charge in [-0.15, -0.1) is 11.3 Å². The molecule has 0 aliphatic carbocycles. The largest absolute Gasteiger partial charge is 0.354 e. The smallest absolute Gasteiger partial charge is 0.325 e. The van der Waals surface area contributed by atoms with Crippen LogP contribution in [0.2, 0.25) is 0 Å². The molecule has 0 atom stereocenters. The Morgan fingerprint density at radius 3 is 2.68 bits per heavy atom. The fourth-order valence-corrected chi connectivity index (χ4v) is 3.42. The van der Waals surface area contributed by atoms with Crippen molar-refractivity contribution in [3.8, 4) is 0 Å². The fourth-order valence-electron chi connectivity index (χ4n) is 2.78. The van der Waals surface area contributed by atoms with E-state index in [9.17, 15) is 9.59 Å². The van der Waals surface area contributed by atoms with Gasteiger partial charge in [0.25, 0.3) is 0 Å². The zero-order valence-corrected chi connectivity index (χ0v) is 15.3. The number of nitrogens with zero attached hydrogens (tertiary/aromatic N) is 3. The summed E-state index contributed by atoms with van der Waals surface area (Å²) in [6.45, 7) is 5.77. The summed E-state index contributed by atoms with van der Waals surface area (Å²) in [7, 11) is 0. The quantitative estimate of drug-likeness (QED) is 0.862. The molecular formula is C18H22N4O2S. The van der Waals surface area contributed by atoms with Crippen LogP contribution in [0.3, 0.4) is 0 Å². The molecule has 1 aromatic carbocycles. The number of aromatic nitrogens is 1. The molecule has 1 N–H and O–H groups in total. The molecule has 0 spiro atoms. The fraction of sp³-hybridized carbons (Fsp3) is 0.389. The third kappa shape index (κ3) is 4.36. The van der Waals surface area contributed by atoms with Crippen molar-refractivity contribution in [3.63, 3.8) is 0 Å². The lowest BCUT2D eigenvalue weighted by atomic mass is 10.2. The molecule has 1 saturated heterocycles. The van der Waals surface area contributed by atoms with E-state index in [1.54, 1.807) is 21.1 Å². The first kappa shape index (κ1) is 17.4. The lowest BCUT2D eigenvalue weighted by molar-refractivity contribution is -0.121. The van der Waals surface area contributed by atoms with Crippen molar-refractivity contribution in [1.82, 2.24) is 15.2 Å². The number of nitrogens with one attached hydrogen (secondary N) is 1. The molecule has 132 valence electrons. The maximum Gasteiger partial charge on any atom is 0.325 e. The highest BCUT2D eigenvalue weighted by atomic mass is 32.1. The summed E-state index contributed by atoms with van der Waals surface area (Å²) in [5, 5.41) is 5.90. The van der Waals surface area contributed by atoms with Crippen LogP contribution in [0.15, 0.2) is 29.6 Å². The standard InChI is InChI=1S/C18H22N4O2S/c1-13-3-5-16(6-4-13)22-10-9-21(18(22)24)11-17(23)19-8-7-15-12-25-14(2)20-15/h3-6,12H,7-11H2,1-2H3,(H,19,23). The summed E-state index contributed by atoms with van der Waals surface area (Å²) in [5.41, 5.74) is 3.02. The number of thiazole rings is 1. The Hall–Kier alpha value is -2.41. The molecule has 1 aromatic heterocycles. The number of urea groups is 1. The van der Waals surface area contributed by atoms with Crippen molar-refractivity contribution in [1.29, 1.82) is 0 Å². The zero-order valence-electron chi connectivity index (χ0n) is 14.5. The molecule has 0 bridgehead atoms. The van der Waals surface area contributed by atoms with Gasteiger partial charge in [-0.05, 0) is 26.0 Å². The molecule has 0 unspecified atom stereocenters. The Labute approximate surface area is 151 Å². The van der Waals surface area contributed by atoms with Crippen LogP contribution < -0.4 is 10.2 Å². The lowest BCUT2D eigenvalue weighted by Gasteiger charge is -2.18. The molecule has 25 heavy (non-hydrogen) atoms. The molecule has 0 radical (unpaired) electrons. The third-order valence-electron chi connectivity index (χ3n) is 4.14. The van der Waals surface area contributed by atoms with Crippen molar-refractivity contribution in [3.05, 3.63) is 45.9 Å². The highest BCUT2D eigenvalue weighted by Crippen LogP contribution is 2.20. The molecule has 1 aliphatic rings. The third-order valence-corrected chi connectivity index (χ3v) is 4.97. The lowest BCUT2D eigenvalue weighted by Crippen LogP contribution is -2.40. The number of anilines is 1. The molecular weight excluding hydrogens is 336 g/mol. The van der Waals surface area contributed by atoms with E-state index in [0.29, 0.717) is 26.1 Å². The van der Waals surface area contributed by atoms with Crippen molar-refractivity contribution < 1.29 is 9.59 Å². The molecule has 1 fully saturated rings. The Balaban J connectivity index is 1.47. The summed E-state index contributed by atoms with van der Waals surface area (Å²) < 4.78 is 0. The van der Waals surface area contributed by atoms with Crippen molar-refractivity contribution in [2.45, 2.75) is 20.3 Å². The van der Waals surface area contributed by atoms with Crippen LogP contribution in [-0.2, 0) is 11.2 Å². The summed E-state index contributed by atoms with van der Waals surface area (Å²) in [5.74, 6) is -0.133. The van der Waals surface area contributed by atoms with E-state index in [2.05, 4.69) is 10.3 Å². The van der Waals surface area contributed by atoms with Gasteiger partial charge in [-0.1, -0.05) is 17.7 Å². The first-order chi connectivity index (χ1) is 12.0. The van der Waals surface area contributed by atoms with Gasteiger partial charge in [0.15, 0.2) is 0 Å². The molecule has 7 heteroatoms. The topological polar surface area (TPSA) is 65.5 Å². The van der Waals surface area contributed by atoms with Gasteiger partial charge >= 0.3 is 6.03 Å². The van der Waals surface area contributed by atoms with Crippen LogP contribution in [0.25, 0.3) is 0 Å². The Kier molecular flexibility index (Phi) is 5.33. The number of benzene rings is 1. The number of hydrogen-bond donors (Lipinski definition) is 1. The van der Waals surface area contributed by atoms with E-state index in [1.165, 1.54) is 0 Å². The Bertz CT molecular complexity index is 757. The van der Waals surface area contributed by atoms with Crippen LogP contribution in [-0.4, -0.2) is 48.0 Å². The number of carbonyl (C=O) groups is 2. The highest BCUT2D eigenvalue weighted by Gasteiger charge is 2.30. The molecule has 1 aliphatic heterocycles. The Morgan fingerprint density at radius 2 is 2.00 bits per heavy atom. The molecule has 3 rings (SSSR count). The maximum atomic E-state index is 12.5. The number of aryl methyl sites for hydroxylation is 2. The molecule has 3 amide bonds. The van der Waals surface area contributed by atoms with Crippen molar-refractivity contribution in [2.24, 2.45) is 0 Å². The highest BCUT2D eigenvalue weighted by molar-refractivity contribution is 7.09. The zero-order chi connectivity index (χ0) is 17.8. The van der Waals surface area contributed by atoms with Gasteiger partial charge in [-0.3, -0.25) is 9.69 Å². The average Bonchev–Trinajstić information content (AvgIpc) is 3.15. The number of hydrogen-bond acceptors (Lipinski definition) is 4. The predicted octanol–water partition coefficient (Wildman–Crippen LogP) is 2.36. The van der Waals surface area contributed by atoms with Gasteiger partial charge in [0.1, 0.15) is 6.54 Å². The molecule has 2 heterocycles. The second-order valence-corrected chi connectivity index (χ2v) is 7.21. The molecule has 6 nitrogen and oxygen atoms in total. The van der Waals surface area contributed by atoms with Crippen LogP contribution in [0.4, 0.5) is 10.5 Å². The summed E-state index contributed by atoms with van der Waals surface area (Å²) in [4.78, 5) is 32.2. The maximum absolute atomic E-state index is 12.5. The SMILES string of the molecule is Cc1ccc(N2CCN(CC(=O)NCCc3csc(C)n3)C2=O)cc1. The average molecular weight is 358 g/mol. The van der Waals surface area contributed by atoms with Gasteiger partial charge in [0.2, 0.25) is 5.91 Å². The minimum absolute atomic E-state index is 0.0945. The van der Waals surface area contributed by atoms with E-state index < -0.39 is 0 Å². The van der Waals surface area contributed by atoms with Crippen LogP contribution in [0.1, 0.15) is 16.3 Å². The Morgan fingerprint density at radius 1 is 1.24 bits per heavy atom. The van der Waals surface area contributed by atoms with Gasteiger partial charge in [-0.2, -0.15) is 0 Å². The second kappa shape index (κ2) is 7.65. The second-order valence-electron chi connectivity index (χ2n) is 6.15. The molecule has 2 aromatic rings. The van der Waals surface area contributed by atoms with Gasteiger partial charge < -0.3 is 10.2 Å². The van der Waals surface area contributed by atoms with Crippen molar-refractivity contribution in [2.75, 3.05) is 31.1 Å². The van der Waals surface area contributed by atoms with Gasteiger partial charge in [0.05, 0.1) is 10.7 Å². The van der Waals surface area contributed by atoms with Crippen LogP contribution in [0, 0.1) is 13.8 Å². The molecule has 0 saturated carbocycles. The number of amides is 3. The summed E-state index contributed by atoms with van der Waals surface area (Å²) >= 11 is 1.61.